The average molecular weight is 280 g/mol. The van der Waals surface area contributed by atoms with E-state index in [1.54, 1.807) is 22.9 Å². The second-order valence-electron chi connectivity index (χ2n) is 4.42. The number of nitrogens with zero attached hydrogens (tertiary/aromatic N) is 3. The second kappa shape index (κ2) is 5.40. The van der Waals surface area contributed by atoms with Crippen molar-refractivity contribution in [3.8, 4) is 0 Å². The molecule has 100 valence electrons. The van der Waals surface area contributed by atoms with Crippen LogP contribution in [0.3, 0.4) is 0 Å². The highest BCUT2D eigenvalue weighted by molar-refractivity contribution is 6.31. The molecule has 0 radical (unpaired) electrons. The van der Waals surface area contributed by atoms with Crippen LogP contribution >= 0.6 is 11.6 Å². The summed E-state index contributed by atoms with van der Waals surface area (Å²) in [7, 11) is 0. The number of hydrogen-bond donors (Lipinski definition) is 0. The van der Waals surface area contributed by atoms with Crippen molar-refractivity contribution in [3.63, 3.8) is 0 Å². The van der Waals surface area contributed by atoms with E-state index in [-0.39, 0.29) is 11.5 Å². The van der Waals surface area contributed by atoms with E-state index < -0.39 is 6.04 Å². The van der Waals surface area contributed by atoms with Crippen LogP contribution in [0.1, 0.15) is 23.0 Å². The molecule has 0 saturated heterocycles. The van der Waals surface area contributed by atoms with Gasteiger partial charge in [-0.3, -0.25) is 14.8 Å². The Labute approximate surface area is 116 Å². The summed E-state index contributed by atoms with van der Waals surface area (Å²) in [6.45, 7) is 3.49. The van der Waals surface area contributed by atoms with Gasteiger partial charge in [0.2, 0.25) is 6.54 Å². The molecular weight excluding hydrogens is 266 g/mol. The molecule has 0 spiro atoms. The fourth-order valence-corrected chi connectivity index (χ4v) is 2.42. The van der Waals surface area contributed by atoms with Gasteiger partial charge in [0.1, 0.15) is 6.04 Å². The number of aryl methyl sites for hydroxylation is 2. The number of nitro groups is 1. The van der Waals surface area contributed by atoms with E-state index in [4.69, 9.17) is 11.6 Å². The first-order valence-electron chi connectivity index (χ1n) is 5.88. The van der Waals surface area contributed by atoms with Crippen LogP contribution in [0.2, 0.25) is 5.02 Å². The summed E-state index contributed by atoms with van der Waals surface area (Å²) < 4.78 is 1.67. The summed E-state index contributed by atoms with van der Waals surface area (Å²) in [5.74, 6) is 0. The van der Waals surface area contributed by atoms with E-state index in [1.807, 2.05) is 26.0 Å². The molecule has 0 amide bonds. The molecule has 1 heterocycles. The Morgan fingerprint density at radius 3 is 2.63 bits per heavy atom. The van der Waals surface area contributed by atoms with Crippen LogP contribution in [-0.2, 0) is 0 Å². The summed E-state index contributed by atoms with van der Waals surface area (Å²) in [5, 5.41) is 15.8. The van der Waals surface area contributed by atoms with Gasteiger partial charge in [-0.15, -0.1) is 0 Å². The maximum Gasteiger partial charge on any atom is 0.230 e. The van der Waals surface area contributed by atoms with Crippen LogP contribution in [0.25, 0.3) is 0 Å². The van der Waals surface area contributed by atoms with Crippen molar-refractivity contribution in [2.75, 3.05) is 6.54 Å². The highest BCUT2D eigenvalue weighted by Gasteiger charge is 2.24. The Hall–Kier alpha value is -1.88. The van der Waals surface area contributed by atoms with E-state index in [0.29, 0.717) is 10.6 Å². The number of aromatic nitrogens is 2. The van der Waals surface area contributed by atoms with Crippen LogP contribution in [0.5, 0.6) is 0 Å². The molecule has 0 fully saturated rings. The van der Waals surface area contributed by atoms with E-state index in [0.717, 1.165) is 11.4 Å². The van der Waals surface area contributed by atoms with Gasteiger partial charge in [-0.2, -0.15) is 5.10 Å². The van der Waals surface area contributed by atoms with E-state index >= 15 is 0 Å². The summed E-state index contributed by atoms with van der Waals surface area (Å²) >= 11 is 6.15. The lowest BCUT2D eigenvalue weighted by Crippen LogP contribution is -2.22. The first-order chi connectivity index (χ1) is 8.99. The maximum absolute atomic E-state index is 10.9. The van der Waals surface area contributed by atoms with E-state index in [2.05, 4.69) is 5.10 Å². The summed E-state index contributed by atoms with van der Waals surface area (Å²) in [6.07, 6.45) is 0. The molecule has 1 atom stereocenters. The van der Waals surface area contributed by atoms with Crippen molar-refractivity contribution in [3.05, 3.63) is 62.4 Å². The predicted octanol–water partition coefficient (Wildman–Crippen LogP) is 3.02. The molecule has 0 aliphatic heterocycles. The van der Waals surface area contributed by atoms with Gasteiger partial charge in [-0.25, -0.2) is 0 Å². The Balaban J connectivity index is 2.50. The first kappa shape index (κ1) is 13.5. The van der Waals surface area contributed by atoms with Gasteiger partial charge < -0.3 is 0 Å². The monoisotopic (exact) mass is 279 g/mol. The molecule has 5 nitrogen and oxygen atoms in total. The largest absolute Gasteiger partial charge is 0.264 e. The lowest BCUT2D eigenvalue weighted by atomic mass is 10.1. The standard InChI is InChI=1S/C13H14ClN3O2/c1-9-7-10(2)17(15-9)13(8-16(18)19)11-5-3-4-6-12(11)14/h3-7,13H,8H2,1-2H3. The lowest BCUT2D eigenvalue weighted by Gasteiger charge is -2.17. The molecule has 0 saturated carbocycles. The van der Waals surface area contributed by atoms with E-state index in [1.165, 1.54) is 0 Å². The van der Waals surface area contributed by atoms with Gasteiger partial charge >= 0.3 is 0 Å². The minimum absolute atomic E-state index is 0.244. The lowest BCUT2D eigenvalue weighted by molar-refractivity contribution is -0.484. The predicted molar refractivity (Wildman–Crippen MR) is 73.2 cm³/mol. The van der Waals surface area contributed by atoms with Gasteiger partial charge in [0.15, 0.2) is 0 Å². The zero-order valence-electron chi connectivity index (χ0n) is 10.7. The number of rotatable bonds is 4. The first-order valence-corrected chi connectivity index (χ1v) is 6.26. The highest BCUT2D eigenvalue weighted by atomic mass is 35.5. The molecule has 0 N–H and O–H groups in total. The third-order valence-corrected chi connectivity index (χ3v) is 3.27. The zero-order valence-corrected chi connectivity index (χ0v) is 11.5. The molecule has 0 bridgehead atoms. The molecule has 1 aromatic carbocycles. The third kappa shape index (κ3) is 2.93. The number of halogens is 1. The summed E-state index contributed by atoms with van der Waals surface area (Å²) in [4.78, 5) is 10.6. The van der Waals surface area contributed by atoms with Crippen LogP contribution in [0.4, 0.5) is 0 Å². The molecule has 0 aliphatic carbocycles. The van der Waals surface area contributed by atoms with Crippen LogP contribution < -0.4 is 0 Å². The molecule has 1 unspecified atom stereocenters. The van der Waals surface area contributed by atoms with Gasteiger partial charge in [-0.1, -0.05) is 29.8 Å². The van der Waals surface area contributed by atoms with E-state index in [9.17, 15) is 10.1 Å². The molecular formula is C13H14ClN3O2. The Morgan fingerprint density at radius 1 is 1.42 bits per heavy atom. The van der Waals surface area contributed by atoms with Crippen molar-refractivity contribution in [2.24, 2.45) is 0 Å². The smallest absolute Gasteiger partial charge is 0.230 e. The van der Waals surface area contributed by atoms with Crippen molar-refractivity contribution in [1.29, 1.82) is 0 Å². The number of hydrogen-bond acceptors (Lipinski definition) is 3. The quantitative estimate of drug-likeness (QED) is 0.638. The molecule has 0 aliphatic rings. The van der Waals surface area contributed by atoms with Crippen molar-refractivity contribution >= 4 is 11.6 Å². The van der Waals surface area contributed by atoms with Crippen LogP contribution in [-0.4, -0.2) is 21.2 Å². The Morgan fingerprint density at radius 2 is 2.11 bits per heavy atom. The molecule has 1 aromatic heterocycles. The van der Waals surface area contributed by atoms with Gasteiger partial charge in [0, 0.05) is 21.2 Å². The molecule has 6 heteroatoms. The maximum atomic E-state index is 10.9. The van der Waals surface area contributed by atoms with Crippen LogP contribution in [0, 0.1) is 24.0 Å². The molecule has 19 heavy (non-hydrogen) atoms. The SMILES string of the molecule is Cc1cc(C)n(C(C[N+](=O)[O-])c2ccccc2Cl)n1. The van der Waals surface area contributed by atoms with Crippen molar-refractivity contribution in [1.82, 2.24) is 9.78 Å². The van der Waals surface area contributed by atoms with Crippen LogP contribution in [0.15, 0.2) is 30.3 Å². The fourth-order valence-electron chi connectivity index (χ4n) is 2.16. The number of benzene rings is 1. The minimum atomic E-state index is -0.489. The summed E-state index contributed by atoms with van der Waals surface area (Å²) in [6, 6.07) is 8.56. The molecule has 2 aromatic rings. The van der Waals surface area contributed by atoms with Gasteiger partial charge in [0.25, 0.3) is 0 Å². The fraction of sp³-hybridized carbons (Fsp3) is 0.308. The second-order valence-corrected chi connectivity index (χ2v) is 4.83. The Bertz CT molecular complexity index is 610. The topological polar surface area (TPSA) is 61.0 Å². The third-order valence-electron chi connectivity index (χ3n) is 2.93. The average Bonchev–Trinajstić information content (AvgIpc) is 2.66. The van der Waals surface area contributed by atoms with Gasteiger partial charge in [0.05, 0.1) is 5.69 Å². The van der Waals surface area contributed by atoms with Crippen molar-refractivity contribution in [2.45, 2.75) is 19.9 Å². The molecule has 2 rings (SSSR count). The highest BCUT2D eigenvalue weighted by Crippen LogP contribution is 2.27. The minimum Gasteiger partial charge on any atom is -0.264 e. The van der Waals surface area contributed by atoms with Crippen molar-refractivity contribution < 1.29 is 4.92 Å². The normalized spacial score (nSPS) is 12.4. The summed E-state index contributed by atoms with van der Waals surface area (Å²) in [5.41, 5.74) is 2.43. The zero-order chi connectivity index (χ0) is 14.0. The van der Waals surface area contributed by atoms with Gasteiger partial charge in [-0.05, 0) is 26.0 Å². The Kier molecular flexibility index (Phi) is 3.85.